The Morgan fingerprint density at radius 2 is 1.35 bits per heavy atom. The van der Waals surface area contributed by atoms with E-state index in [0.717, 1.165) is 22.4 Å². The molecule has 2 aliphatic rings. The van der Waals surface area contributed by atoms with Gasteiger partial charge in [0, 0.05) is 15.4 Å². The summed E-state index contributed by atoms with van der Waals surface area (Å²) in [5.41, 5.74) is 14.0. The predicted octanol–water partition coefficient (Wildman–Crippen LogP) is 5.40. The fourth-order valence-corrected chi connectivity index (χ4v) is 7.35. The minimum Gasteiger partial charge on any atom is -1.00 e. The van der Waals surface area contributed by atoms with Crippen molar-refractivity contribution in [2.24, 2.45) is 5.92 Å². The molecular weight excluding hydrogens is 695 g/mol. The number of halogens is 2. The molecule has 0 bridgehead atoms. The summed E-state index contributed by atoms with van der Waals surface area (Å²) in [4.78, 5) is 0. The van der Waals surface area contributed by atoms with Crippen LogP contribution in [0.15, 0.2) is 115 Å². The van der Waals surface area contributed by atoms with Crippen molar-refractivity contribution in [3.05, 3.63) is 149 Å². The molecule has 0 amide bonds. The van der Waals surface area contributed by atoms with Crippen LogP contribution in [0.25, 0.3) is 49.9 Å². The second-order valence-electron chi connectivity index (χ2n) is 12.4. The van der Waals surface area contributed by atoms with E-state index >= 15 is 0 Å². The van der Waals surface area contributed by atoms with Crippen LogP contribution in [-0.4, -0.2) is 9.52 Å². The van der Waals surface area contributed by atoms with Gasteiger partial charge in [0.05, 0.1) is 0 Å². The molecule has 0 nitrogen and oxygen atoms in total. The van der Waals surface area contributed by atoms with E-state index < -0.39 is 0 Å². The molecule has 4 heteroatoms. The zero-order valence-corrected chi connectivity index (χ0v) is 31.8. The van der Waals surface area contributed by atoms with Gasteiger partial charge in [-0.1, -0.05) is 130 Å². The molecule has 227 valence electrons. The molecule has 0 aromatic heterocycles. The van der Waals surface area contributed by atoms with Crippen molar-refractivity contribution >= 4 is 37.1 Å². The topological polar surface area (TPSA) is 0 Å². The quantitative estimate of drug-likeness (QED) is 0.129. The van der Waals surface area contributed by atoms with Gasteiger partial charge in [-0.3, -0.25) is 0 Å². The second-order valence-corrected chi connectivity index (χ2v) is 13.4. The molecule has 0 aliphatic heterocycles. The summed E-state index contributed by atoms with van der Waals surface area (Å²) in [7, 11) is 1.08. The molecule has 46 heavy (non-hydrogen) atoms. The Kier molecular flexibility index (Phi) is 12.1. The van der Waals surface area contributed by atoms with Crippen LogP contribution in [-0.2, 0) is 32.6 Å². The average Bonchev–Trinajstić information content (AvgIpc) is 3.58. The molecule has 6 aromatic rings. The number of rotatable bonds is 4. The molecule has 3 radical (unpaired) electrons. The van der Waals surface area contributed by atoms with Gasteiger partial charge in [-0.05, 0) is 79.8 Å². The molecule has 0 saturated heterocycles. The number of hydrogen-bond acceptors (Lipinski definition) is 0. The Morgan fingerprint density at radius 3 is 2.02 bits per heavy atom. The van der Waals surface area contributed by atoms with E-state index in [9.17, 15) is 0 Å². The monoisotopic (exact) mass is 729 g/mol. The number of hydrogen-bond donors (Lipinski definition) is 0. The van der Waals surface area contributed by atoms with Gasteiger partial charge in [0.15, 0.2) is 0 Å². The molecule has 1 atom stereocenters. The van der Waals surface area contributed by atoms with E-state index in [1.165, 1.54) is 77.2 Å². The molecule has 8 rings (SSSR count). The van der Waals surface area contributed by atoms with Crippen LogP contribution in [0.1, 0.15) is 54.0 Å². The van der Waals surface area contributed by atoms with Gasteiger partial charge in [-0.25, -0.2) is 0 Å². The molecule has 1 unspecified atom stereocenters. The summed E-state index contributed by atoms with van der Waals surface area (Å²) in [5.74, 6) is 0.821. The van der Waals surface area contributed by atoms with Gasteiger partial charge in [-0.2, -0.15) is 18.2 Å². The molecule has 0 saturated carbocycles. The fourth-order valence-electron chi connectivity index (χ4n) is 7.35. The number of benzene rings is 6. The normalized spacial score (nSPS) is 13.8. The third kappa shape index (κ3) is 6.40. The molecule has 0 heterocycles. The maximum absolute atomic E-state index is 3.77. The van der Waals surface area contributed by atoms with Crippen molar-refractivity contribution in [1.82, 2.24) is 0 Å². The van der Waals surface area contributed by atoms with Gasteiger partial charge in [0.1, 0.15) is 0 Å². The molecule has 0 spiro atoms. The van der Waals surface area contributed by atoms with Crippen molar-refractivity contribution in [2.45, 2.75) is 45.7 Å². The van der Waals surface area contributed by atoms with E-state index in [1.807, 2.05) is 0 Å². The Hall–Kier alpha value is -2.74. The maximum Gasteiger partial charge on any atom is 3.00 e. The second kappa shape index (κ2) is 15.4. The summed E-state index contributed by atoms with van der Waals surface area (Å²) in [6.45, 7) is 8.99. The first-order valence-corrected chi connectivity index (χ1v) is 17.5. The Balaban J connectivity index is 0.000000772. The van der Waals surface area contributed by atoms with Gasteiger partial charge < -0.3 is 24.8 Å². The standard InChI is InChI=1S/C40H31.C2H6Si.2ClH.Zr/c1-25(2)21-29-24-38-35(39(29)34-18-9-17-33-30-14-6-3-13-28(30)23-37(33)34)19-10-20-36(38)40-31-15-7-4-11-26(31)22-27-12-5-8-16-32(27)40;1-3-2;;;/h3-17,19-20,22,24-25,39H,21,23H2,1-2H3;1-2H3;2*1H;/q-1;;;;+3/p-2. The average molecular weight is 732 g/mol. The van der Waals surface area contributed by atoms with E-state index in [2.05, 4.69) is 148 Å². The third-order valence-corrected chi connectivity index (χ3v) is 8.94. The van der Waals surface area contributed by atoms with Crippen LogP contribution in [0.5, 0.6) is 0 Å². The van der Waals surface area contributed by atoms with Crippen LogP contribution >= 0.6 is 0 Å². The minimum atomic E-state index is 0. The smallest absolute Gasteiger partial charge is 1.00 e. The van der Waals surface area contributed by atoms with E-state index in [0.29, 0.717) is 5.92 Å². The summed E-state index contributed by atoms with van der Waals surface area (Å²) in [5, 5.41) is 5.22. The largest absolute Gasteiger partial charge is 3.00 e. The maximum atomic E-state index is 3.77. The first kappa shape index (κ1) is 36.1. The van der Waals surface area contributed by atoms with Crippen LogP contribution in [0.2, 0.25) is 13.1 Å². The Bertz CT molecular complexity index is 1970. The number of allylic oxidation sites excluding steroid dienone is 1. The Labute approximate surface area is 308 Å². The first-order chi connectivity index (χ1) is 21.1. The van der Waals surface area contributed by atoms with Crippen molar-refractivity contribution in [2.75, 3.05) is 0 Å². The Morgan fingerprint density at radius 1 is 0.739 bits per heavy atom. The van der Waals surface area contributed by atoms with E-state index in [1.54, 1.807) is 0 Å². The summed E-state index contributed by atoms with van der Waals surface area (Å²) >= 11 is 0. The summed E-state index contributed by atoms with van der Waals surface area (Å²) < 4.78 is 0. The van der Waals surface area contributed by atoms with E-state index in [4.69, 9.17) is 0 Å². The zero-order chi connectivity index (χ0) is 29.5. The van der Waals surface area contributed by atoms with Crippen molar-refractivity contribution < 1.29 is 51.0 Å². The van der Waals surface area contributed by atoms with Crippen LogP contribution in [0, 0.1) is 12.0 Å². The molecule has 2 aliphatic carbocycles. The zero-order valence-electron chi connectivity index (χ0n) is 26.8. The van der Waals surface area contributed by atoms with Crippen molar-refractivity contribution in [3.63, 3.8) is 0 Å². The van der Waals surface area contributed by atoms with Crippen LogP contribution in [0.4, 0.5) is 0 Å². The summed E-state index contributed by atoms with van der Waals surface area (Å²) in [6, 6.07) is 44.1. The van der Waals surface area contributed by atoms with Gasteiger partial charge in [0.2, 0.25) is 0 Å². The number of fused-ring (bicyclic) bond motifs is 6. The van der Waals surface area contributed by atoms with Gasteiger partial charge >= 0.3 is 26.2 Å². The molecule has 0 N–H and O–H groups in total. The predicted molar refractivity (Wildman–Crippen MR) is 187 cm³/mol. The molecule has 6 aromatic carbocycles. The van der Waals surface area contributed by atoms with Crippen molar-refractivity contribution in [1.29, 1.82) is 0 Å². The van der Waals surface area contributed by atoms with Crippen LogP contribution < -0.4 is 24.8 Å². The van der Waals surface area contributed by atoms with Crippen LogP contribution in [0.3, 0.4) is 0 Å². The SMILES string of the molecule is CC(C)CC1=Cc2c(-c3c4ccccc4cc4ccccc34)cccc2C1c1[c-]ccc2c1Cc1ccccc1-2.C[Si]C.[Cl-].[Cl-].[Zr+3]. The summed E-state index contributed by atoms with van der Waals surface area (Å²) in [6.07, 6.45) is 4.60. The van der Waals surface area contributed by atoms with Gasteiger partial charge in [0.25, 0.3) is 0 Å². The van der Waals surface area contributed by atoms with Crippen molar-refractivity contribution in [3.8, 4) is 22.3 Å². The fraction of sp³-hybridized carbons (Fsp3) is 0.190. The van der Waals surface area contributed by atoms with Gasteiger partial charge in [-0.15, -0.1) is 16.7 Å². The third-order valence-electron chi connectivity index (χ3n) is 8.94. The first-order valence-electron chi connectivity index (χ1n) is 15.5. The van der Waals surface area contributed by atoms with E-state index in [-0.39, 0.29) is 56.9 Å². The minimum absolute atomic E-state index is 0. The molecular formula is C42H37Cl2SiZr. The molecule has 0 fully saturated rings.